The molecule has 0 heterocycles. The first kappa shape index (κ1) is 21.7. The molecule has 0 radical (unpaired) electrons. The van der Waals surface area contributed by atoms with E-state index in [0.717, 1.165) is 12.1 Å². The summed E-state index contributed by atoms with van der Waals surface area (Å²) in [6.45, 7) is 6.72. The Balaban J connectivity index is 2.25. The largest absolute Gasteiger partial charge is 0.493 e. The molecule has 0 aromatic heterocycles. The summed E-state index contributed by atoms with van der Waals surface area (Å²) in [5.74, 6) is 2.08. The van der Waals surface area contributed by atoms with E-state index >= 15 is 0 Å². The average molecular weight is 354 g/mol. The van der Waals surface area contributed by atoms with E-state index in [9.17, 15) is 5.11 Å². The highest BCUT2D eigenvalue weighted by Crippen LogP contribution is 2.27. The number of nitrogens with one attached hydrogen (secondary N) is 1. The second-order valence-corrected chi connectivity index (χ2v) is 6.43. The van der Waals surface area contributed by atoms with E-state index in [1.165, 1.54) is 25.7 Å². The highest BCUT2D eigenvalue weighted by molar-refractivity contribution is 5.42. The van der Waals surface area contributed by atoms with Gasteiger partial charge in [-0.15, -0.1) is 0 Å². The Labute approximate surface area is 152 Å². The maximum Gasteiger partial charge on any atom is 0.161 e. The molecule has 25 heavy (non-hydrogen) atoms. The van der Waals surface area contributed by atoms with Gasteiger partial charge in [0, 0.05) is 6.54 Å². The quantitative estimate of drug-likeness (QED) is 0.537. The average Bonchev–Trinajstić information content (AvgIpc) is 2.64. The van der Waals surface area contributed by atoms with Gasteiger partial charge in [-0.1, -0.05) is 39.2 Å². The Morgan fingerprint density at radius 1 is 1.08 bits per heavy atom. The number of rotatable bonds is 14. The van der Waals surface area contributed by atoms with Crippen LogP contribution in [0.4, 0.5) is 0 Å². The van der Waals surface area contributed by atoms with Crippen molar-refractivity contribution < 1.29 is 19.3 Å². The Bertz CT molecular complexity index is 467. The molecule has 0 fully saturated rings. The molecule has 5 heteroatoms. The first-order valence-electron chi connectivity index (χ1n) is 9.31. The van der Waals surface area contributed by atoms with Crippen LogP contribution in [-0.2, 0) is 11.3 Å². The van der Waals surface area contributed by atoms with Crippen LogP contribution in [-0.4, -0.2) is 45.1 Å². The van der Waals surface area contributed by atoms with Crippen molar-refractivity contribution in [2.45, 2.75) is 52.2 Å². The molecule has 0 aliphatic carbocycles. The molecule has 2 atom stereocenters. The molecule has 0 saturated heterocycles. The lowest BCUT2D eigenvalue weighted by molar-refractivity contribution is 0.0284. The van der Waals surface area contributed by atoms with Crippen LogP contribution in [0.2, 0.25) is 0 Å². The van der Waals surface area contributed by atoms with Crippen LogP contribution in [0.25, 0.3) is 0 Å². The number of methoxy groups -OCH3 is 2. The maximum absolute atomic E-state index is 10.0. The summed E-state index contributed by atoms with van der Waals surface area (Å²) in [5.41, 5.74) is 0.989. The lowest BCUT2D eigenvalue weighted by Crippen LogP contribution is -2.33. The molecule has 0 unspecified atom stereocenters. The van der Waals surface area contributed by atoms with Crippen LogP contribution in [0.5, 0.6) is 11.5 Å². The predicted molar refractivity (Wildman–Crippen MR) is 101 cm³/mol. The summed E-state index contributed by atoms with van der Waals surface area (Å²) in [4.78, 5) is 0. The van der Waals surface area contributed by atoms with Crippen molar-refractivity contribution in [3.63, 3.8) is 0 Å². The predicted octanol–water partition coefficient (Wildman–Crippen LogP) is 3.39. The fourth-order valence-corrected chi connectivity index (χ4v) is 2.74. The van der Waals surface area contributed by atoms with Crippen molar-refractivity contribution in [3.05, 3.63) is 23.8 Å². The first-order valence-corrected chi connectivity index (χ1v) is 9.31. The van der Waals surface area contributed by atoms with Crippen molar-refractivity contribution in [1.29, 1.82) is 0 Å². The minimum Gasteiger partial charge on any atom is -0.493 e. The van der Waals surface area contributed by atoms with Gasteiger partial charge >= 0.3 is 0 Å². The number of ether oxygens (including phenoxy) is 3. The van der Waals surface area contributed by atoms with Crippen LogP contribution in [0.3, 0.4) is 0 Å². The van der Waals surface area contributed by atoms with Gasteiger partial charge in [0.15, 0.2) is 11.5 Å². The van der Waals surface area contributed by atoms with Crippen LogP contribution in [0.15, 0.2) is 18.2 Å². The molecule has 2 N–H and O–H groups in total. The molecule has 0 amide bonds. The smallest absolute Gasteiger partial charge is 0.161 e. The van der Waals surface area contributed by atoms with Gasteiger partial charge in [-0.2, -0.15) is 0 Å². The van der Waals surface area contributed by atoms with Crippen molar-refractivity contribution in [1.82, 2.24) is 5.32 Å². The van der Waals surface area contributed by atoms with Gasteiger partial charge < -0.3 is 24.6 Å². The van der Waals surface area contributed by atoms with Crippen LogP contribution in [0, 0.1) is 5.92 Å². The Kier molecular flexibility index (Phi) is 11.3. The van der Waals surface area contributed by atoms with Crippen LogP contribution in [0.1, 0.15) is 45.1 Å². The molecule has 5 nitrogen and oxygen atoms in total. The van der Waals surface area contributed by atoms with Gasteiger partial charge in [-0.25, -0.2) is 0 Å². The zero-order valence-electron chi connectivity index (χ0n) is 16.2. The maximum atomic E-state index is 10.0. The van der Waals surface area contributed by atoms with Gasteiger partial charge in [0.2, 0.25) is 0 Å². The second kappa shape index (κ2) is 13.0. The van der Waals surface area contributed by atoms with Crippen molar-refractivity contribution >= 4 is 0 Å². The van der Waals surface area contributed by atoms with Gasteiger partial charge in [-0.05, 0) is 36.6 Å². The highest BCUT2D eigenvalue weighted by Gasteiger charge is 2.09. The molecular formula is C20H35NO4. The lowest BCUT2D eigenvalue weighted by Gasteiger charge is -2.17. The summed E-state index contributed by atoms with van der Waals surface area (Å²) >= 11 is 0. The highest BCUT2D eigenvalue weighted by atomic mass is 16.5. The molecule has 0 saturated carbocycles. The van der Waals surface area contributed by atoms with Crippen molar-refractivity contribution in [2.24, 2.45) is 5.92 Å². The number of hydrogen-bond acceptors (Lipinski definition) is 5. The van der Waals surface area contributed by atoms with Gasteiger partial charge in [-0.3, -0.25) is 0 Å². The van der Waals surface area contributed by atoms with E-state index in [4.69, 9.17) is 14.2 Å². The zero-order chi connectivity index (χ0) is 18.5. The van der Waals surface area contributed by atoms with Crippen LogP contribution < -0.4 is 14.8 Å². The Morgan fingerprint density at radius 3 is 2.48 bits per heavy atom. The summed E-state index contributed by atoms with van der Waals surface area (Å²) in [5, 5.41) is 13.4. The fourth-order valence-electron chi connectivity index (χ4n) is 2.74. The number of hydrogen-bond donors (Lipinski definition) is 2. The summed E-state index contributed by atoms with van der Waals surface area (Å²) in [6.07, 6.45) is 4.45. The molecule has 1 aromatic carbocycles. The number of benzene rings is 1. The molecule has 1 rings (SSSR count). The molecule has 0 bridgehead atoms. The van der Waals surface area contributed by atoms with Crippen molar-refractivity contribution in [3.8, 4) is 11.5 Å². The van der Waals surface area contributed by atoms with E-state index in [0.29, 0.717) is 37.2 Å². The lowest BCUT2D eigenvalue weighted by atomic mass is 9.99. The minimum atomic E-state index is -0.496. The first-order chi connectivity index (χ1) is 12.1. The third kappa shape index (κ3) is 8.56. The molecule has 0 spiro atoms. The standard InChI is InChI=1S/C20H35NO4/c1-5-7-8-16(6-2)12-21-13-18(22)15-25-14-17-9-10-19(23-3)20(11-17)24-4/h9-11,16,18,21-22H,5-8,12-15H2,1-4H3/t16-,18-/m0/s1. The third-order valence-electron chi connectivity index (χ3n) is 4.38. The third-order valence-corrected chi connectivity index (χ3v) is 4.38. The summed E-state index contributed by atoms with van der Waals surface area (Å²) in [6, 6.07) is 5.69. The zero-order valence-corrected chi connectivity index (χ0v) is 16.2. The Hall–Kier alpha value is -1.30. The van der Waals surface area contributed by atoms with E-state index in [2.05, 4.69) is 19.2 Å². The van der Waals surface area contributed by atoms with Gasteiger partial charge in [0.25, 0.3) is 0 Å². The van der Waals surface area contributed by atoms with Crippen LogP contribution >= 0.6 is 0 Å². The Morgan fingerprint density at radius 2 is 1.84 bits per heavy atom. The fraction of sp³-hybridized carbons (Fsp3) is 0.700. The molecular weight excluding hydrogens is 318 g/mol. The number of unbranched alkanes of at least 4 members (excludes halogenated alkanes) is 1. The van der Waals surface area contributed by atoms with Crippen molar-refractivity contribution in [2.75, 3.05) is 33.9 Å². The number of aliphatic hydroxyl groups is 1. The van der Waals surface area contributed by atoms with E-state index < -0.39 is 6.10 Å². The number of aliphatic hydroxyl groups excluding tert-OH is 1. The molecule has 144 valence electrons. The molecule has 0 aliphatic heterocycles. The van der Waals surface area contributed by atoms with E-state index in [1.54, 1.807) is 14.2 Å². The SMILES string of the molecule is CCCC[C@H](CC)CNC[C@H](O)COCc1ccc(OC)c(OC)c1. The topological polar surface area (TPSA) is 60.0 Å². The molecule has 1 aromatic rings. The summed E-state index contributed by atoms with van der Waals surface area (Å²) < 4.78 is 16.1. The normalized spacial score (nSPS) is 13.5. The van der Waals surface area contributed by atoms with E-state index in [1.807, 2.05) is 18.2 Å². The van der Waals surface area contributed by atoms with Gasteiger partial charge in [0.1, 0.15) is 0 Å². The minimum absolute atomic E-state index is 0.313. The molecule has 0 aliphatic rings. The second-order valence-electron chi connectivity index (χ2n) is 6.43. The van der Waals surface area contributed by atoms with E-state index in [-0.39, 0.29) is 0 Å². The summed E-state index contributed by atoms with van der Waals surface area (Å²) in [7, 11) is 3.23. The monoisotopic (exact) mass is 353 g/mol. The van der Waals surface area contributed by atoms with Gasteiger partial charge in [0.05, 0.1) is 33.5 Å².